The molecule has 3 N–H and O–H groups in total. The van der Waals surface area contributed by atoms with Crippen LogP contribution in [-0.4, -0.2) is 38.9 Å². The van der Waals surface area contributed by atoms with Gasteiger partial charge in [-0.2, -0.15) is 0 Å². The van der Waals surface area contributed by atoms with Gasteiger partial charge >= 0.3 is 0 Å². The normalized spacial score (nSPS) is 17.7. The van der Waals surface area contributed by atoms with Crippen LogP contribution < -0.4 is 15.4 Å². The minimum absolute atomic E-state index is 0.00644. The second kappa shape index (κ2) is 8.39. The first kappa shape index (κ1) is 19.8. The second-order valence-electron chi connectivity index (χ2n) is 7.43. The smallest absolute Gasteiger partial charge is 0.251 e. The number of aryl methyl sites for hydroxylation is 1. The summed E-state index contributed by atoms with van der Waals surface area (Å²) in [7, 11) is -3.61. The van der Waals surface area contributed by atoms with E-state index in [1.165, 1.54) is 12.1 Å². The Balaban J connectivity index is 1.55. The Kier molecular flexibility index (Phi) is 6.16. The van der Waals surface area contributed by atoms with Crippen molar-refractivity contribution in [3.05, 3.63) is 29.3 Å². The molecule has 0 aliphatic heterocycles. The quantitative estimate of drug-likeness (QED) is 0.624. The van der Waals surface area contributed by atoms with Gasteiger partial charge < -0.3 is 10.6 Å². The fraction of sp³-hybridized carbons (Fsp3) is 0.579. The minimum Gasteiger partial charge on any atom is -0.353 e. The summed E-state index contributed by atoms with van der Waals surface area (Å²) in [6.07, 6.45) is 6.25. The van der Waals surface area contributed by atoms with Crippen LogP contribution in [0.2, 0.25) is 0 Å². The fourth-order valence-corrected chi connectivity index (χ4v) is 4.59. The Bertz CT molecular complexity index is 812. The van der Waals surface area contributed by atoms with Crippen LogP contribution in [0, 0.1) is 6.92 Å². The maximum atomic E-state index is 12.4. The number of sulfonamides is 1. The van der Waals surface area contributed by atoms with Gasteiger partial charge in [-0.25, -0.2) is 13.1 Å². The Hall–Kier alpha value is -1.93. The van der Waals surface area contributed by atoms with Crippen molar-refractivity contribution >= 4 is 21.8 Å². The summed E-state index contributed by atoms with van der Waals surface area (Å²) in [5.41, 5.74) is 0.998. The Morgan fingerprint density at radius 1 is 1.07 bits per heavy atom. The lowest BCUT2D eigenvalue weighted by Gasteiger charge is -2.13. The summed E-state index contributed by atoms with van der Waals surface area (Å²) in [4.78, 5) is 24.5. The molecule has 2 amide bonds. The van der Waals surface area contributed by atoms with Gasteiger partial charge in [0.1, 0.15) is 0 Å². The van der Waals surface area contributed by atoms with E-state index in [-0.39, 0.29) is 41.8 Å². The zero-order chi connectivity index (χ0) is 19.4. The molecule has 0 aromatic heterocycles. The molecule has 148 valence electrons. The molecule has 1 aromatic rings. The number of benzene rings is 1. The molecule has 2 fully saturated rings. The standard InChI is InChI=1S/C19H27N3O4S/c1-13-6-9-16(27(25,26)22-15-7-8-15)12-17(13)19(24)20-11-10-18(23)21-14-4-2-3-5-14/h6,9,12,14-15,22H,2-5,7-8,10-11H2,1H3,(H,20,24)(H,21,23). The number of carbonyl (C=O) groups is 2. The number of rotatable bonds is 8. The molecule has 2 aliphatic rings. The topological polar surface area (TPSA) is 104 Å². The second-order valence-corrected chi connectivity index (χ2v) is 9.14. The largest absolute Gasteiger partial charge is 0.353 e. The van der Waals surface area contributed by atoms with Crippen LogP contribution in [-0.2, 0) is 14.8 Å². The first-order valence-electron chi connectivity index (χ1n) is 9.56. The Labute approximate surface area is 160 Å². The van der Waals surface area contributed by atoms with E-state index in [0.717, 1.165) is 38.5 Å². The molecule has 27 heavy (non-hydrogen) atoms. The van der Waals surface area contributed by atoms with Gasteiger partial charge in [-0.15, -0.1) is 0 Å². The van der Waals surface area contributed by atoms with Crippen molar-refractivity contribution in [2.75, 3.05) is 6.54 Å². The van der Waals surface area contributed by atoms with E-state index in [0.29, 0.717) is 11.1 Å². The first-order valence-corrected chi connectivity index (χ1v) is 11.0. The third-order valence-electron chi connectivity index (χ3n) is 5.02. The van der Waals surface area contributed by atoms with Crippen LogP contribution in [0.25, 0.3) is 0 Å². The predicted octanol–water partition coefficient (Wildman–Crippen LogP) is 1.61. The molecule has 0 radical (unpaired) electrons. The minimum atomic E-state index is -3.61. The number of hydrogen-bond donors (Lipinski definition) is 3. The van der Waals surface area contributed by atoms with Crippen molar-refractivity contribution in [3.8, 4) is 0 Å². The van der Waals surface area contributed by atoms with E-state index in [4.69, 9.17) is 0 Å². The van der Waals surface area contributed by atoms with Crippen molar-refractivity contribution in [1.29, 1.82) is 0 Å². The molecule has 2 aliphatic carbocycles. The van der Waals surface area contributed by atoms with Crippen LogP contribution in [0.1, 0.15) is 60.9 Å². The van der Waals surface area contributed by atoms with Gasteiger partial charge in [-0.05, 0) is 50.3 Å². The van der Waals surface area contributed by atoms with Gasteiger partial charge in [0.05, 0.1) is 4.90 Å². The molecule has 1 aromatic carbocycles. The van der Waals surface area contributed by atoms with Crippen LogP contribution >= 0.6 is 0 Å². The number of amides is 2. The highest BCUT2D eigenvalue weighted by molar-refractivity contribution is 7.89. The molecule has 0 heterocycles. The number of hydrogen-bond acceptors (Lipinski definition) is 4. The van der Waals surface area contributed by atoms with Gasteiger partial charge in [0.15, 0.2) is 0 Å². The highest BCUT2D eigenvalue weighted by atomic mass is 32.2. The predicted molar refractivity (Wildman–Crippen MR) is 102 cm³/mol. The van der Waals surface area contributed by atoms with E-state index in [1.807, 2.05) is 0 Å². The zero-order valence-corrected chi connectivity index (χ0v) is 16.4. The van der Waals surface area contributed by atoms with Crippen molar-refractivity contribution in [2.45, 2.75) is 68.8 Å². The molecule has 0 saturated heterocycles. The summed E-state index contributed by atoms with van der Waals surface area (Å²) >= 11 is 0. The summed E-state index contributed by atoms with van der Waals surface area (Å²) in [6, 6.07) is 4.80. The first-order chi connectivity index (χ1) is 12.8. The molecule has 8 heteroatoms. The van der Waals surface area contributed by atoms with Crippen LogP contribution in [0.3, 0.4) is 0 Å². The maximum absolute atomic E-state index is 12.4. The van der Waals surface area contributed by atoms with Crippen LogP contribution in [0.15, 0.2) is 23.1 Å². The molecule has 0 atom stereocenters. The zero-order valence-electron chi connectivity index (χ0n) is 15.6. The fourth-order valence-electron chi connectivity index (χ4n) is 3.26. The highest BCUT2D eigenvalue weighted by Gasteiger charge is 2.28. The maximum Gasteiger partial charge on any atom is 0.251 e. The molecule has 0 unspecified atom stereocenters. The Morgan fingerprint density at radius 3 is 2.44 bits per heavy atom. The van der Waals surface area contributed by atoms with Gasteiger partial charge in [-0.3, -0.25) is 9.59 Å². The third kappa shape index (κ3) is 5.52. The molecule has 7 nitrogen and oxygen atoms in total. The van der Waals surface area contributed by atoms with E-state index < -0.39 is 10.0 Å². The highest BCUT2D eigenvalue weighted by Crippen LogP contribution is 2.23. The molecular formula is C19H27N3O4S. The van der Waals surface area contributed by atoms with Gasteiger partial charge in [0.25, 0.3) is 5.91 Å². The average Bonchev–Trinajstić information content (AvgIpc) is 3.26. The van der Waals surface area contributed by atoms with Crippen molar-refractivity contribution in [1.82, 2.24) is 15.4 Å². The molecule has 0 bridgehead atoms. The summed E-state index contributed by atoms with van der Waals surface area (Å²) in [5, 5.41) is 5.69. The summed E-state index contributed by atoms with van der Waals surface area (Å²) < 4.78 is 27.3. The molecule has 0 spiro atoms. The number of carbonyl (C=O) groups excluding carboxylic acids is 2. The van der Waals surface area contributed by atoms with Crippen LogP contribution in [0.4, 0.5) is 0 Å². The van der Waals surface area contributed by atoms with E-state index >= 15 is 0 Å². The monoisotopic (exact) mass is 393 g/mol. The number of nitrogens with one attached hydrogen (secondary N) is 3. The van der Waals surface area contributed by atoms with Crippen LogP contribution in [0.5, 0.6) is 0 Å². The third-order valence-corrected chi connectivity index (χ3v) is 6.54. The van der Waals surface area contributed by atoms with E-state index in [9.17, 15) is 18.0 Å². The van der Waals surface area contributed by atoms with E-state index in [1.54, 1.807) is 13.0 Å². The van der Waals surface area contributed by atoms with Gasteiger partial charge in [0.2, 0.25) is 15.9 Å². The lowest BCUT2D eigenvalue weighted by atomic mass is 10.1. The summed E-state index contributed by atoms with van der Waals surface area (Å²) in [6.45, 7) is 1.97. The van der Waals surface area contributed by atoms with Crippen molar-refractivity contribution in [3.63, 3.8) is 0 Å². The lowest BCUT2D eigenvalue weighted by molar-refractivity contribution is -0.121. The lowest BCUT2D eigenvalue weighted by Crippen LogP contribution is -2.35. The molecule has 2 saturated carbocycles. The van der Waals surface area contributed by atoms with Gasteiger partial charge in [0, 0.05) is 30.6 Å². The van der Waals surface area contributed by atoms with E-state index in [2.05, 4.69) is 15.4 Å². The van der Waals surface area contributed by atoms with Crippen molar-refractivity contribution < 1.29 is 18.0 Å². The van der Waals surface area contributed by atoms with Crippen molar-refractivity contribution in [2.24, 2.45) is 0 Å². The summed E-state index contributed by atoms with van der Waals surface area (Å²) in [5.74, 6) is -0.437. The average molecular weight is 394 g/mol. The Morgan fingerprint density at radius 2 is 1.78 bits per heavy atom. The molecule has 3 rings (SSSR count). The van der Waals surface area contributed by atoms with Gasteiger partial charge in [-0.1, -0.05) is 18.9 Å². The molecular weight excluding hydrogens is 366 g/mol. The SMILES string of the molecule is Cc1ccc(S(=O)(=O)NC2CC2)cc1C(=O)NCCC(=O)NC1CCCC1.